The summed E-state index contributed by atoms with van der Waals surface area (Å²) < 4.78 is 24.5. The predicted molar refractivity (Wildman–Crippen MR) is 57.5 cm³/mol. The minimum Gasteiger partial charge on any atom is -0.213 e. The number of thioether (sulfide) groups is 1. The van der Waals surface area contributed by atoms with Crippen LogP contribution in [0.3, 0.4) is 0 Å². The molecule has 1 rings (SSSR count). The van der Waals surface area contributed by atoms with E-state index in [0.29, 0.717) is 5.25 Å². The highest BCUT2D eigenvalue weighted by atomic mass is 32.2. The van der Waals surface area contributed by atoms with E-state index in [0.717, 1.165) is 25.0 Å². The van der Waals surface area contributed by atoms with Crippen molar-refractivity contribution in [2.45, 2.75) is 37.5 Å². The van der Waals surface area contributed by atoms with Gasteiger partial charge in [-0.25, -0.2) is 13.1 Å². The van der Waals surface area contributed by atoms with Crippen LogP contribution in [0, 0.1) is 0 Å². The third-order valence-corrected chi connectivity index (χ3v) is 4.16. The third kappa shape index (κ3) is 4.33. The van der Waals surface area contributed by atoms with Gasteiger partial charge in [-0.1, -0.05) is 6.92 Å². The highest BCUT2D eigenvalue weighted by Crippen LogP contribution is 2.29. The fourth-order valence-corrected chi connectivity index (χ4v) is 3.70. The van der Waals surface area contributed by atoms with Crippen molar-refractivity contribution in [1.29, 1.82) is 0 Å². The van der Waals surface area contributed by atoms with E-state index in [1.165, 1.54) is 6.26 Å². The van der Waals surface area contributed by atoms with Crippen molar-refractivity contribution in [3.8, 4) is 0 Å². The van der Waals surface area contributed by atoms with E-state index in [1.54, 1.807) is 0 Å². The minimum absolute atomic E-state index is 0.180. The first-order valence-corrected chi connectivity index (χ1v) is 7.54. The quantitative estimate of drug-likeness (QED) is 0.779. The number of nitrogens with one attached hydrogen (secondary N) is 1. The smallest absolute Gasteiger partial charge is 0.208 e. The van der Waals surface area contributed by atoms with Crippen molar-refractivity contribution in [3.05, 3.63) is 0 Å². The predicted octanol–water partition coefficient (Wildman–Crippen LogP) is 1.21. The lowest BCUT2D eigenvalue weighted by atomic mass is 10.3. The van der Waals surface area contributed by atoms with Gasteiger partial charge in [0, 0.05) is 11.3 Å². The molecular weight excluding hydrogens is 206 g/mol. The molecule has 5 heteroatoms. The van der Waals surface area contributed by atoms with Crippen LogP contribution in [0.1, 0.15) is 26.2 Å². The van der Waals surface area contributed by atoms with Crippen LogP contribution in [0.15, 0.2) is 0 Å². The minimum atomic E-state index is -3.01. The van der Waals surface area contributed by atoms with Crippen molar-refractivity contribution in [2.75, 3.05) is 12.0 Å². The van der Waals surface area contributed by atoms with Gasteiger partial charge >= 0.3 is 0 Å². The maximum Gasteiger partial charge on any atom is 0.208 e. The van der Waals surface area contributed by atoms with Crippen LogP contribution in [0.4, 0.5) is 0 Å². The van der Waals surface area contributed by atoms with Gasteiger partial charge in [0.2, 0.25) is 10.0 Å². The lowest BCUT2D eigenvalue weighted by Gasteiger charge is -2.10. The Morgan fingerprint density at radius 2 is 2.15 bits per heavy atom. The standard InChI is InChI=1S/C8H17NO2S2/c1-3-12-8-5-4-7(6-8)9-13(2,10)11/h7-9H,3-6H2,1-2H3. The lowest BCUT2D eigenvalue weighted by Crippen LogP contribution is -2.32. The topological polar surface area (TPSA) is 46.2 Å². The molecule has 0 spiro atoms. The van der Waals surface area contributed by atoms with Crippen LogP contribution < -0.4 is 4.72 Å². The Kier molecular flexibility index (Phi) is 4.06. The van der Waals surface area contributed by atoms with Gasteiger partial charge in [0.1, 0.15) is 0 Å². The van der Waals surface area contributed by atoms with Crippen LogP contribution in [0.25, 0.3) is 0 Å². The second-order valence-electron chi connectivity index (χ2n) is 3.48. The molecule has 0 amide bonds. The summed E-state index contributed by atoms with van der Waals surface area (Å²) in [5, 5.41) is 0.657. The molecule has 0 saturated heterocycles. The number of rotatable bonds is 4. The van der Waals surface area contributed by atoms with E-state index in [1.807, 2.05) is 11.8 Å². The molecule has 2 atom stereocenters. The molecular formula is C8H17NO2S2. The number of hydrogen-bond acceptors (Lipinski definition) is 3. The summed E-state index contributed by atoms with van der Waals surface area (Å²) in [6, 6.07) is 0.180. The zero-order valence-electron chi connectivity index (χ0n) is 8.12. The Balaban J connectivity index is 2.33. The van der Waals surface area contributed by atoms with Crippen LogP contribution in [-0.2, 0) is 10.0 Å². The van der Waals surface area contributed by atoms with Gasteiger partial charge in [0.25, 0.3) is 0 Å². The summed E-state index contributed by atoms with van der Waals surface area (Å²) in [6.07, 6.45) is 4.36. The molecule has 1 N–H and O–H groups in total. The molecule has 0 aromatic heterocycles. The third-order valence-electron chi connectivity index (χ3n) is 2.17. The van der Waals surface area contributed by atoms with Gasteiger partial charge in [0.15, 0.2) is 0 Å². The molecule has 0 aliphatic heterocycles. The van der Waals surface area contributed by atoms with E-state index in [9.17, 15) is 8.42 Å². The van der Waals surface area contributed by atoms with Crippen molar-refractivity contribution in [1.82, 2.24) is 4.72 Å². The van der Waals surface area contributed by atoms with Crippen LogP contribution in [0.5, 0.6) is 0 Å². The molecule has 0 aromatic rings. The highest BCUT2D eigenvalue weighted by molar-refractivity contribution is 7.99. The molecule has 1 saturated carbocycles. The summed E-state index contributed by atoms with van der Waals surface area (Å²) in [6.45, 7) is 2.14. The molecule has 0 radical (unpaired) electrons. The van der Waals surface area contributed by atoms with E-state index >= 15 is 0 Å². The fourth-order valence-electron chi connectivity index (χ4n) is 1.74. The second-order valence-corrected chi connectivity index (χ2v) is 6.83. The molecule has 1 fully saturated rings. The molecule has 0 heterocycles. The van der Waals surface area contributed by atoms with Gasteiger partial charge in [-0.15, -0.1) is 0 Å². The van der Waals surface area contributed by atoms with E-state index in [2.05, 4.69) is 11.6 Å². The SMILES string of the molecule is CCSC1CCC(NS(C)(=O)=O)C1. The normalized spacial score (nSPS) is 29.4. The van der Waals surface area contributed by atoms with Crippen LogP contribution in [-0.4, -0.2) is 31.7 Å². The average molecular weight is 223 g/mol. The van der Waals surface area contributed by atoms with Gasteiger partial charge in [-0.2, -0.15) is 11.8 Å². The average Bonchev–Trinajstić information content (AvgIpc) is 2.33. The fraction of sp³-hybridized carbons (Fsp3) is 1.00. The summed E-state index contributed by atoms with van der Waals surface area (Å²) in [7, 11) is -3.01. The van der Waals surface area contributed by atoms with Gasteiger partial charge in [-0.05, 0) is 25.0 Å². The first kappa shape index (κ1) is 11.3. The maximum absolute atomic E-state index is 10.9. The number of hydrogen-bond donors (Lipinski definition) is 1. The first-order chi connectivity index (χ1) is 6.01. The van der Waals surface area contributed by atoms with Crippen molar-refractivity contribution >= 4 is 21.8 Å². The Bertz CT molecular complexity index is 251. The number of sulfonamides is 1. The monoisotopic (exact) mass is 223 g/mol. The van der Waals surface area contributed by atoms with Gasteiger partial charge < -0.3 is 0 Å². The van der Waals surface area contributed by atoms with Crippen molar-refractivity contribution in [2.24, 2.45) is 0 Å². The lowest BCUT2D eigenvalue weighted by molar-refractivity contribution is 0.558. The molecule has 1 aliphatic carbocycles. The molecule has 0 bridgehead atoms. The molecule has 1 aliphatic rings. The van der Waals surface area contributed by atoms with Gasteiger partial charge in [-0.3, -0.25) is 0 Å². The zero-order valence-corrected chi connectivity index (χ0v) is 9.75. The molecule has 3 nitrogen and oxygen atoms in total. The maximum atomic E-state index is 10.9. The molecule has 78 valence electrons. The largest absolute Gasteiger partial charge is 0.213 e. The first-order valence-electron chi connectivity index (χ1n) is 4.60. The van der Waals surface area contributed by atoms with E-state index in [4.69, 9.17) is 0 Å². The summed E-state index contributed by atoms with van der Waals surface area (Å²) in [5.41, 5.74) is 0. The van der Waals surface area contributed by atoms with Crippen molar-refractivity contribution in [3.63, 3.8) is 0 Å². The van der Waals surface area contributed by atoms with E-state index in [-0.39, 0.29) is 6.04 Å². The second kappa shape index (κ2) is 4.66. The molecule has 13 heavy (non-hydrogen) atoms. The molecule has 2 unspecified atom stereocenters. The summed E-state index contributed by atoms with van der Waals surface area (Å²) >= 11 is 1.93. The van der Waals surface area contributed by atoms with Crippen LogP contribution in [0.2, 0.25) is 0 Å². The van der Waals surface area contributed by atoms with Gasteiger partial charge in [0.05, 0.1) is 6.26 Å². The Morgan fingerprint density at radius 3 is 2.69 bits per heavy atom. The highest BCUT2D eigenvalue weighted by Gasteiger charge is 2.26. The Hall–Kier alpha value is 0.260. The zero-order chi connectivity index (χ0) is 9.90. The van der Waals surface area contributed by atoms with E-state index < -0.39 is 10.0 Å². The summed E-state index contributed by atoms with van der Waals surface area (Å²) in [5.74, 6) is 1.12. The molecule has 0 aromatic carbocycles. The van der Waals surface area contributed by atoms with Crippen molar-refractivity contribution < 1.29 is 8.42 Å². The van der Waals surface area contributed by atoms with Crippen LogP contribution >= 0.6 is 11.8 Å². The summed E-state index contributed by atoms with van der Waals surface area (Å²) in [4.78, 5) is 0. The Morgan fingerprint density at radius 1 is 1.46 bits per heavy atom. The Labute approximate surface area is 84.7 Å².